The molecule has 0 unspecified atom stereocenters. The van der Waals surface area contributed by atoms with E-state index in [4.69, 9.17) is 0 Å². The number of fused-ring (bicyclic) bond motifs is 12. The molecule has 0 aliphatic heterocycles. The molecule has 0 amide bonds. The lowest BCUT2D eigenvalue weighted by Gasteiger charge is -2.31. The van der Waals surface area contributed by atoms with Crippen molar-refractivity contribution in [2.24, 2.45) is 7.05 Å². The standard InChI is InChI=1S/C56H42N2/c1-56(2)50-32-38(43-21-12-15-35-13-4-6-16-41(35)43)25-28-48(50)55-47-20-9-8-18-45(47)54(34-51(55)56)58(39-26-29-44-37(31-39)24-23-36-14-5-7-17-42(36)44)40-27-30-53-49(33-40)46-19-10-11-22-52(46)57(53)3/h4-22,25-34H,23-24H2,1-3H3. The first-order valence-electron chi connectivity index (χ1n) is 20.6. The van der Waals surface area contributed by atoms with Crippen molar-refractivity contribution >= 4 is 60.4 Å². The van der Waals surface area contributed by atoms with Crippen molar-refractivity contribution in [2.75, 3.05) is 4.90 Å². The maximum absolute atomic E-state index is 2.55. The smallest absolute Gasteiger partial charge is 0.0543 e. The lowest BCUT2D eigenvalue weighted by atomic mass is 9.80. The predicted octanol–water partition coefficient (Wildman–Crippen LogP) is 14.8. The van der Waals surface area contributed by atoms with Gasteiger partial charge in [-0.2, -0.15) is 0 Å². The predicted molar refractivity (Wildman–Crippen MR) is 246 cm³/mol. The molecule has 0 fully saturated rings. The Labute approximate surface area is 339 Å². The molecule has 2 aliphatic carbocycles. The number of hydrogen-bond acceptors (Lipinski definition) is 1. The van der Waals surface area contributed by atoms with Crippen molar-refractivity contribution in [3.8, 4) is 33.4 Å². The molecule has 0 saturated heterocycles. The van der Waals surface area contributed by atoms with E-state index in [0.29, 0.717) is 0 Å². The Kier molecular flexibility index (Phi) is 7.05. The van der Waals surface area contributed by atoms with Gasteiger partial charge in [-0.1, -0.05) is 141 Å². The van der Waals surface area contributed by atoms with Crippen LogP contribution in [0.15, 0.2) is 176 Å². The van der Waals surface area contributed by atoms with Crippen molar-refractivity contribution < 1.29 is 0 Å². The van der Waals surface area contributed by atoms with Crippen LogP contribution in [0.3, 0.4) is 0 Å². The Morgan fingerprint density at radius 3 is 1.98 bits per heavy atom. The molecule has 0 radical (unpaired) electrons. The minimum atomic E-state index is -0.227. The third kappa shape index (κ3) is 4.72. The van der Waals surface area contributed by atoms with Gasteiger partial charge in [-0.3, -0.25) is 0 Å². The van der Waals surface area contributed by atoms with Gasteiger partial charge in [0.15, 0.2) is 0 Å². The van der Waals surface area contributed by atoms with Crippen LogP contribution in [0.1, 0.15) is 36.1 Å². The highest BCUT2D eigenvalue weighted by molar-refractivity contribution is 6.13. The first kappa shape index (κ1) is 33.3. The van der Waals surface area contributed by atoms with Gasteiger partial charge in [0, 0.05) is 51.0 Å². The van der Waals surface area contributed by atoms with Crippen LogP contribution in [-0.2, 0) is 25.3 Å². The van der Waals surface area contributed by atoms with E-state index < -0.39 is 0 Å². The molecule has 10 aromatic rings. The molecule has 1 aromatic heterocycles. The van der Waals surface area contributed by atoms with Crippen LogP contribution in [0, 0.1) is 0 Å². The summed E-state index contributed by atoms with van der Waals surface area (Å²) >= 11 is 0. The van der Waals surface area contributed by atoms with E-state index in [9.17, 15) is 0 Å². The molecular weight excluding hydrogens is 701 g/mol. The summed E-state index contributed by atoms with van der Waals surface area (Å²) in [5.41, 5.74) is 19.4. The molecule has 0 atom stereocenters. The zero-order valence-corrected chi connectivity index (χ0v) is 33.1. The van der Waals surface area contributed by atoms with Crippen molar-refractivity contribution in [3.05, 3.63) is 198 Å². The molecule has 2 heteroatoms. The van der Waals surface area contributed by atoms with E-state index in [1.54, 1.807) is 0 Å². The molecule has 58 heavy (non-hydrogen) atoms. The molecule has 1 heterocycles. The quantitative estimate of drug-likeness (QED) is 0.174. The van der Waals surface area contributed by atoms with Gasteiger partial charge in [-0.25, -0.2) is 0 Å². The maximum atomic E-state index is 2.55. The van der Waals surface area contributed by atoms with E-state index in [1.165, 1.54) is 110 Å². The summed E-state index contributed by atoms with van der Waals surface area (Å²) in [5.74, 6) is 0. The van der Waals surface area contributed by atoms with Gasteiger partial charge in [0.25, 0.3) is 0 Å². The van der Waals surface area contributed by atoms with Crippen LogP contribution < -0.4 is 4.90 Å². The van der Waals surface area contributed by atoms with Gasteiger partial charge >= 0.3 is 0 Å². The fraction of sp³-hybridized carbons (Fsp3) is 0.107. The largest absolute Gasteiger partial charge is 0.344 e. The molecule has 276 valence electrons. The molecular formula is C56H42N2. The van der Waals surface area contributed by atoms with Crippen LogP contribution in [0.5, 0.6) is 0 Å². The summed E-state index contributed by atoms with van der Waals surface area (Å²) in [7, 11) is 2.18. The van der Waals surface area contributed by atoms with Crippen LogP contribution in [0.2, 0.25) is 0 Å². The molecule has 2 nitrogen and oxygen atoms in total. The summed E-state index contributed by atoms with van der Waals surface area (Å²) < 4.78 is 2.33. The average molecular weight is 743 g/mol. The fourth-order valence-corrected chi connectivity index (χ4v) is 10.6. The van der Waals surface area contributed by atoms with E-state index in [-0.39, 0.29) is 5.41 Å². The zero-order valence-electron chi connectivity index (χ0n) is 33.1. The molecule has 0 spiro atoms. The van der Waals surface area contributed by atoms with Crippen LogP contribution >= 0.6 is 0 Å². The number of benzene rings is 9. The van der Waals surface area contributed by atoms with E-state index in [2.05, 4.69) is 206 Å². The Morgan fingerprint density at radius 1 is 0.448 bits per heavy atom. The molecule has 12 rings (SSSR count). The van der Waals surface area contributed by atoms with Gasteiger partial charge < -0.3 is 9.47 Å². The highest BCUT2D eigenvalue weighted by Gasteiger charge is 2.38. The lowest BCUT2D eigenvalue weighted by Crippen LogP contribution is -2.17. The van der Waals surface area contributed by atoms with Crippen LogP contribution in [0.4, 0.5) is 17.1 Å². The Hall–Kier alpha value is -6.90. The molecule has 0 N–H and O–H groups in total. The third-order valence-electron chi connectivity index (χ3n) is 13.5. The summed E-state index contributed by atoms with van der Waals surface area (Å²) in [5, 5.41) is 7.66. The van der Waals surface area contributed by atoms with Gasteiger partial charge in [0.05, 0.1) is 5.69 Å². The minimum Gasteiger partial charge on any atom is -0.344 e. The first-order chi connectivity index (χ1) is 28.4. The Bertz CT molecular complexity index is 3340. The van der Waals surface area contributed by atoms with Crippen molar-refractivity contribution in [1.29, 1.82) is 0 Å². The monoisotopic (exact) mass is 742 g/mol. The number of aromatic nitrogens is 1. The topological polar surface area (TPSA) is 8.17 Å². The fourth-order valence-electron chi connectivity index (χ4n) is 10.6. The van der Waals surface area contributed by atoms with E-state index in [0.717, 1.165) is 18.5 Å². The van der Waals surface area contributed by atoms with Gasteiger partial charge in [0.1, 0.15) is 0 Å². The summed E-state index contributed by atoms with van der Waals surface area (Å²) in [6.07, 6.45) is 2.09. The molecule has 9 aromatic carbocycles. The first-order valence-corrected chi connectivity index (χ1v) is 20.6. The van der Waals surface area contributed by atoms with E-state index in [1.807, 2.05) is 0 Å². The number of anilines is 3. The van der Waals surface area contributed by atoms with Crippen molar-refractivity contribution in [3.63, 3.8) is 0 Å². The van der Waals surface area contributed by atoms with Gasteiger partial charge in [0.2, 0.25) is 0 Å². The summed E-state index contributed by atoms with van der Waals surface area (Å²) in [6.45, 7) is 4.85. The highest BCUT2D eigenvalue weighted by atomic mass is 15.1. The van der Waals surface area contributed by atoms with Crippen molar-refractivity contribution in [1.82, 2.24) is 4.57 Å². The second-order valence-corrected chi connectivity index (χ2v) is 16.9. The molecule has 0 saturated carbocycles. The second-order valence-electron chi connectivity index (χ2n) is 16.9. The maximum Gasteiger partial charge on any atom is 0.0543 e. The number of nitrogens with zero attached hydrogens (tertiary/aromatic N) is 2. The van der Waals surface area contributed by atoms with Gasteiger partial charge in [-0.05, 0) is 133 Å². The summed E-state index contributed by atoms with van der Waals surface area (Å²) in [4.78, 5) is 2.55. The minimum absolute atomic E-state index is 0.227. The number of para-hydroxylation sites is 1. The number of hydrogen-bond donors (Lipinski definition) is 0. The second kappa shape index (κ2) is 12.3. The average Bonchev–Trinajstić information content (AvgIpc) is 3.68. The Morgan fingerprint density at radius 2 is 1.09 bits per heavy atom. The molecule has 0 bridgehead atoms. The zero-order chi connectivity index (χ0) is 38.7. The molecule has 2 aliphatic rings. The van der Waals surface area contributed by atoms with Crippen LogP contribution in [0.25, 0.3) is 76.7 Å². The summed E-state index contributed by atoms with van der Waals surface area (Å²) in [6, 6.07) is 66.2. The Balaban J connectivity index is 1.10. The lowest BCUT2D eigenvalue weighted by molar-refractivity contribution is 0.661. The van der Waals surface area contributed by atoms with E-state index >= 15 is 0 Å². The SMILES string of the molecule is Cn1c2ccccc2c2cc(N(c3ccc4c(c3)CCc3ccccc3-4)c3cc4c(c5ccccc35)-c3ccc(-c5cccc6ccccc56)cc3C4(C)C)ccc21. The third-order valence-corrected chi connectivity index (χ3v) is 13.5. The number of aryl methyl sites for hydroxylation is 3. The highest BCUT2D eigenvalue weighted by Crippen LogP contribution is 2.55. The van der Waals surface area contributed by atoms with Gasteiger partial charge in [-0.15, -0.1) is 0 Å². The normalized spacial score (nSPS) is 13.8. The number of rotatable bonds is 4. The van der Waals surface area contributed by atoms with Crippen LogP contribution in [-0.4, -0.2) is 4.57 Å². The van der Waals surface area contributed by atoms with Crippen molar-refractivity contribution in [2.45, 2.75) is 32.1 Å².